The van der Waals surface area contributed by atoms with Crippen LogP contribution >= 0.6 is 11.6 Å². The summed E-state index contributed by atoms with van der Waals surface area (Å²) in [5, 5.41) is 5.50. The second kappa shape index (κ2) is 8.23. The molecule has 10 nitrogen and oxygen atoms in total. The van der Waals surface area contributed by atoms with Crippen LogP contribution in [0.1, 0.15) is 25.7 Å². The van der Waals surface area contributed by atoms with Gasteiger partial charge in [-0.15, -0.1) is 0 Å². The van der Waals surface area contributed by atoms with Crippen LogP contribution in [0, 0.1) is 11.8 Å². The molecule has 0 bridgehead atoms. The van der Waals surface area contributed by atoms with Gasteiger partial charge in [-0.3, -0.25) is 14.5 Å². The summed E-state index contributed by atoms with van der Waals surface area (Å²) in [4.78, 5) is 39.2. The molecule has 2 N–H and O–H groups in total. The number of carbonyl (C=O) groups is 3. The molecule has 0 spiro atoms. The van der Waals surface area contributed by atoms with Crippen molar-refractivity contribution in [2.45, 2.75) is 36.1 Å². The third-order valence-corrected chi connectivity index (χ3v) is 9.09. The fraction of sp³-hybridized carbons (Fsp3) is 0.571. The maximum Gasteiger partial charge on any atom is 0.325 e. The highest BCUT2D eigenvalue weighted by atomic mass is 35.5. The molecule has 4 amide bonds. The van der Waals surface area contributed by atoms with Crippen molar-refractivity contribution >= 4 is 45.2 Å². The zero-order valence-corrected chi connectivity index (χ0v) is 19.5. The number of hydrogen-bond acceptors (Lipinski definition) is 6. The van der Waals surface area contributed by atoms with Gasteiger partial charge in [-0.05, 0) is 55.7 Å². The molecule has 2 saturated heterocycles. The van der Waals surface area contributed by atoms with E-state index in [0.717, 1.165) is 30.6 Å². The number of nitrogens with zero attached hydrogens (tertiary/aromatic N) is 2. The van der Waals surface area contributed by atoms with Crippen molar-refractivity contribution in [2.24, 2.45) is 11.8 Å². The molecule has 33 heavy (non-hydrogen) atoms. The number of rotatable bonds is 7. The number of anilines is 1. The van der Waals surface area contributed by atoms with Crippen molar-refractivity contribution in [3.8, 4) is 0 Å². The normalized spacial score (nSPS) is 23.5. The minimum absolute atomic E-state index is 0.0345. The summed E-state index contributed by atoms with van der Waals surface area (Å²) < 4.78 is 32.5. The Bertz CT molecular complexity index is 1100. The number of hydrogen-bond donors (Lipinski definition) is 2. The number of morpholine rings is 1. The van der Waals surface area contributed by atoms with E-state index in [-0.39, 0.29) is 46.4 Å². The van der Waals surface area contributed by atoms with Gasteiger partial charge < -0.3 is 15.4 Å². The third kappa shape index (κ3) is 4.01. The summed E-state index contributed by atoms with van der Waals surface area (Å²) in [7, 11) is -3.87. The fourth-order valence-electron chi connectivity index (χ4n) is 4.77. The Labute approximate surface area is 196 Å². The van der Waals surface area contributed by atoms with Crippen molar-refractivity contribution in [3.63, 3.8) is 0 Å². The fourth-order valence-corrected chi connectivity index (χ4v) is 6.68. The Morgan fingerprint density at radius 2 is 1.79 bits per heavy atom. The SMILES string of the molecule is O=C(CN1C(=O)NC(C2CC2)(C2CC2)C1=O)Nc1ccc(Cl)c(S(=O)(=O)N2CCOCC2)c1. The van der Waals surface area contributed by atoms with Crippen molar-refractivity contribution < 1.29 is 27.5 Å². The average molecular weight is 497 g/mol. The van der Waals surface area contributed by atoms with Crippen LogP contribution in [0.15, 0.2) is 23.1 Å². The van der Waals surface area contributed by atoms with E-state index in [1.54, 1.807) is 0 Å². The van der Waals surface area contributed by atoms with Gasteiger partial charge in [0.1, 0.15) is 17.0 Å². The smallest absolute Gasteiger partial charge is 0.325 e. The van der Waals surface area contributed by atoms with Crippen LogP contribution in [-0.4, -0.2) is 73.9 Å². The predicted molar refractivity (Wildman–Crippen MR) is 118 cm³/mol. The molecule has 12 heteroatoms. The van der Waals surface area contributed by atoms with E-state index >= 15 is 0 Å². The standard InChI is InChI=1S/C21H25ClN4O6S/c22-16-6-5-15(11-17(16)33(30,31)25-7-9-32-10-8-25)23-18(27)12-26-19(28)21(13-1-2-13,14-3-4-14)24-20(26)29/h5-6,11,13-14H,1-4,7-10,12H2,(H,23,27)(H,24,29). The summed E-state index contributed by atoms with van der Waals surface area (Å²) in [6.45, 7) is 0.571. The first-order valence-electron chi connectivity index (χ1n) is 11.0. The summed E-state index contributed by atoms with van der Waals surface area (Å²) in [5.74, 6) is -0.658. The number of halogens is 1. The van der Waals surface area contributed by atoms with Gasteiger partial charge in [0.25, 0.3) is 5.91 Å². The van der Waals surface area contributed by atoms with Gasteiger partial charge >= 0.3 is 6.03 Å². The van der Waals surface area contributed by atoms with Gasteiger partial charge in [-0.25, -0.2) is 13.2 Å². The Morgan fingerprint density at radius 1 is 1.15 bits per heavy atom. The molecular weight excluding hydrogens is 472 g/mol. The maximum atomic E-state index is 13.1. The van der Waals surface area contributed by atoms with Crippen LogP contribution in [0.4, 0.5) is 10.5 Å². The lowest BCUT2D eigenvalue weighted by Gasteiger charge is -2.26. The summed E-state index contributed by atoms with van der Waals surface area (Å²) in [6.07, 6.45) is 3.59. The van der Waals surface area contributed by atoms with Gasteiger partial charge in [-0.2, -0.15) is 4.31 Å². The molecule has 4 fully saturated rings. The Morgan fingerprint density at radius 3 is 2.39 bits per heavy atom. The van der Waals surface area contributed by atoms with E-state index in [9.17, 15) is 22.8 Å². The topological polar surface area (TPSA) is 125 Å². The van der Waals surface area contributed by atoms with Crippen LogP contribution < -0.4 is 10.6 Å². The highest BCUT2D eigenvalue weighted by Crippen LogP contribution is 2.54. The number of sulfonamides is 1. The zero-order valence-electron chi connectivity index (χ0n) is 17.9. The third-order valence-electron chi connectivity index (χ3n) is 6.71. The van der Waals surface area contributed by atoms with E-state index < -0.39 is 34.0 Å². The van der Waals surface area contributed by atoms with Gasteiger partial charge in [0.2, 0.25) is 15.9 Å². The van der Waals surface area contributed by atoms with Gasteiger partial charge in [-0.1, -0.05) is 11.6 Å². The molecule has 1 aromatic carbocycles. The zero-order chi connectivity index (χ0) is 23.4. The van der Waals surface area contributed by atoms with Crippen molar-refractivity contribution in [2.75, 3.05) is 38.2 Å². The van der Waals surface area contributed by atoms with Gasteiger partial charge in [0, 0.05) is 18.8 Å². The molecule has 2 saturated carbocycles. The molecule has 2 aliphatic heterocycles. The van der Waals surface area contributed by atoms with Crippen LogP contribution in [0.2, 0.25) is 5.02 Å². The molecule has 178 valence electrons. The molecule has 0 unspecified atom stereocenters. The molecular formula is C21H25ClN4O6S. The lowest BCUT2D eigenvalue weighted by molar-refractivity contribution is -0.135. The summed E-state index contributed by atoms with van der Waals surface area (Å²) in [5.41, 5.74) is -0.657. The number of ether oxygens (including phenoxy) is 1. The summed E-state index contributed by atoms with van der Waals surface area (Å²) in [6, 6.07) is 3.60. The van der Waals surface area contributed by atoms with Crippen molar-refractivity contribution in [3.05, 3.63) is 23.2 Å². The van der Waals surface area contributed by atoms with Crippen LogP contribution in [0.3, 0.4) is 0 Å². The number of benzene rings is 1. The molecule has 2 heterocycles. The first-order valence-corrected chi connectivity index (χ1v) is 12.9. The minimum atomic E-state index is -3.87. The summed E-state index contributed by atoms with van der Waals surface area (Å²) >= 11 is 6.16. The number of amides is 4. The second-order valence-corrected chi connectivity index (χ2v) is 11.3. The monoisotopic (exact) mass is 496 g/mol. The first-order chi connectivity index (χ1) is 15.7. The van der Waals surface area contributed by atoms with E-state index in [4.69, 9.17) is 16.3 Å². The minimum Gasteiger partial charge on any atom is -0.379 e. The predicted octanol–water partition coefficient (Wildman–Crippen LogP) is 1.41. The molecule has 0 radical (unpaired) electrons. The van der Waals surface area contributed by atoms with Crippen molar-refractivity contribution in [1.82, 2.24) is 14.5 Å². The molecule has 2 aliphatic carbocycles. The van der Waals surface area contributed by atoms with Crippen LogP contribution in [0.25, 0.3) is 0 Å². The highest BCUT2D eigenvalue weighted by Gasteiger charge is 2.65. The van der Waals surface area contributed by atoms with Gasteiger partial charge in [0.05, 0.1) is 18.2 Å². The largest absolute Gasteiger partial charge is 0.379 e. The maximum absolute atomic E-state index is 13.1. The van der Waals surface area contributed by atoms with Crippen LogP contribution in [0.5, 0.6) is 0 Å². The van der Waals surface area contributed by atoms with Crippen molar-refractivity contribution in [1.29, 1.82) is 0 Å². The second-order valence-electron chi connectivity index (χ2n) is 8.95. The lowest BCUT2D eigenvalue weighted by atomic mass is 9.87. The molecule has 5 rings (SSSR count). The number of urea groups is 1. The molecule has 0 atom stereocenters. The van der Waals surface area contributed by atoms with E-state index in [1.807, 2.05) is 0 Å². The van der Waals surface area contributed by atoms with E-state index in [2.05, 4.69) is 10.6 Å². The number of imide groups is 1. The van der Waals surface area contributed by atoms with E-state index in [1.165, 1.54) is 22.5 Å². The highest BCUT2D eigenvalue weighted by molar-refractivity contribution is 7.89. The number of carbonyl (C=O) groups excluding carboxylic acids is 3. The lowest BCUT2D eigenvalue weighted by Crippen LogP contribution is -2.51. The Kier molecular flexibility index (Phi) is 5.63. The molecule has 0 aromatic heterocycles. The number of nitrogens with one attached hydrogen (secondary N) is 2. The Hall–Kier alpha value is -2.21. The molecule has 4 aliphatic rings. The quantitative estimate of drug-likeness (QED) is 0.550. The van der Waals surface area contributed by atoms with E-state index in [0.29, 0.717) is 13.2 Å². The van der Waals surface area contributed by atoms with Gasteiger partial charge in [0.15, 0.2) is 0 Å². The Balaban J connectivity index is 1.30. The van der Waals surface area contributed by atoms with Crippen LogP contribution in [-0.2, 0) is 24.3 Å². The first kappa shape index (κ1) is 22.6. The molecule has 1 aromatic rings. The average Bonchev–Trinajstić information content (AvgIpc) is 3.70.